The van der Waals surface area contributed by atoms with Crippen LogP contribution in [0.1, 0.15) is 15.9 Å². The van der Waals surface area contributed by atoms with E-state index in [0.29, 0.717) is 0 Å². The predicted molar refractivity (Wildman–Crippen MR) is 66.1 cm³/mol. The first-order valence-electron chi connectivity index (χ1n) is 5.20. The second-order valence-corrected chi connectivity index (χ2v) is 4.98. The van der Waals surface area contributed by atoms with Crippen LogP contribution in [0.2, 0.25) is 0 Å². The minimum absolute atomic E-state index is 0.796. The Morgan fingerprint density at radius 2 is 2.07 bits per heavy atom. The van der Waals surface area contributed by atoms with Crippen molar-refractivity contribution in [1.82, 2.24) is 0 Å². The maximum Gasteiger partial charge on any atom is 0.150 e. The van der Waals surface area contributed by atoms with Gasteiger partial charge >= 0.3 is 0 Å². The predicted octanol–water partition coefficient (Wildman–Crippen LogP) is 2.36. The van der Waals surface area contributed by atoms with Gasteiger partial charge in [0.1, 0.15) is 6.29 Å². The summed E-state index contributed by atoms with van der Waals surface area (Å²) in [5, 5.41) is 0. The van der Waals surface area contributed by atoms with Gasteiger partial charge in [-0.05, 0) is 30.7 Å². The number of rotatable bonds is 2. The van der Waals surface area contributed by atoms with E-state index in [4.69, 9.17) is 0 Å². The fraction of sp³-hybridized carbons (Fsp3) is 0.417. The second-order valence-electron chi connectivity index (χ2n) is 3.76. The SMILES string of the molecule is Cc1cc(N2CCSCC2)ccc1C=O. The molecule has 1 aliphatic heterocycles. The number of nitrogens with zero attached hydrogens (tertiary/aromatic N) is 1. The Morgan fingerprint density at radius 1 is 1.33 bits per heavy atom. The van der Waals surface area contributed by atoms with Crippen LogP contribution in [0.4, 0.5) is 5.69 Å². The van der Waals surface area contributed by atoms with Crippen LogP contribution < -0.4 is 4.90 Å². The highest BCUT2D eigenvalue weighted by molar-refractivity contribution is 7.99. The highest BCUT2D eigenvalue weighted by Gasteiger charge is 2.11. The number of carbonyl (C=O) groups is 1. The fourth-order valence-electron chi connectivity index (χ4n) is 1.81. The van der Waals surface area contributed by atoms with Crippen molar-refractivity contribution < 1.29 is 4.79 Å². The zero-order chi connectivity index (χ0) is 10.7. The van der Waals surface area contributed by atoms with Crippen LogP contribution in [0.25, 0.3) is 0 Å². The van der Waals surface area contributed by atoms with Crippen LogP contribution in [0, 0.1) is 6.92 Å². The molecular formula is C12H15NOS. The Morgan fingerprint density at radius 3 is 2.67 bits per heavy atom. The molecule has 0 amide bonds. The third-order valence-electron chi connectivity index (χ3n) is 2.76. The van der Waals surface area contributed by atoms with E-state index in [9.17, 15) is 4.79 Å². The van der Waals surface area contributed by atoms with Crippen LogP contribution in [0.15, 0.2) is 18.2 Å². The Bertz CT molecular complexity index is 359. The van der Waals surface area contributed by atoms with E-state index in [2.05, 4.69) is 11.0 Å². The lowest BCUT2D eigenvalue weighted by atomic mass is 10.1. The average Bonchev–Trinajstić information content (AvgIpc) is 2.30. The zero-order valence-corrected chi connectivity index (χ0v) is 9.72. The average molecular weight is 221 g/mol. The second kappa shape index (κ2) is 4.71. The van der Waals surface area contributed by atoms with E-state index in [-0.39, 0.29) is 0 Å². The molecule has 0 N–H and O–H groups in total. The molecule has 2 nitrogen and oxygen atoms in total. The Labute approximate surface area is 94.7 Å². The summed E-state index contributed by atoms with van der Waals surface area (Å²) >= 11 is 2.01. The van der Waals surface area contributed by atoms with Gasteiger partial charge in [-0.2, -0.15) is 11.8 Å². The summed E-state index contributed by atoms with van der Waals surface area (Å²) in [4.78, 5) is 13.1. The van der Waals surface area contributed by atoms with Crippen molar-refractivity contribution in [2.45, 2.75) is 6.92 Å². The van der Waals surface area contributed by atoms with Gasteiger partial charge < -0.3 is 4.90 Å². The number of carbonyl (C=O) groups excluding carboxylic acids is 1. The molecule has 0 radical (unpaired) electrons. The van der Waals surface area contributed by atoms with Crippen LogP contribution in [0.3, 0.4) is 0 Å². The molecular weight excluding hydrogens is 206 g/mol. The van der Waals surface area contributed by atoms with Crippen molar-refractivity contribution >= 4 is 23.7 Å². The summed E-state index contributed by atoms with van der Waals surface area (Å²) in [7, 11) is 0. The van der Waals surface area contributed by atoms with Gasteiger partial charge in [0.2, 0.25) is 0 Å². The van der Waals surface area contributed by atoms with Crippen molar-refractivity contribution in [3.8, 4) is 0 Å². The van der Waals surface area contributed by atoms with E-state index in [0.717, 1.165) is 30.5 Å². The molecule has 0 unspecified atom stereocenters. The Hall–Kier alpha value is -0.960. The third-order valence-corrected chi connectivity index (χ3v) is 3.70. The number of benzene rings is 1. The molecule has 1 heterocycles. The molecule has 0 spiro atoms. The molecule has 0 saturated carbocycles. The van der Waals surface area contributed by atoms with Gasteiger partial charge in [0.25, 0.3) is 0 Å². The Balaban J connectivity index is 2.21. The van der Waals surface area contributed by atoms with Crippen LogP contribution in [-0.4, -0.2) is 30.9 Å². The van der Waals surface area contributed by atoms with Gasteiger partial charge in [0, 0.05) is 35.8 Å². The molecule has 1 aromatic rings. The van der Waals surface area contributed by atoms with Gasteiger partial charge in [-0.3, -0.25) is 4.79 Å². The molecule has 0 aliphatic carbocycles. The molecule has 1 aliphatic rings. The third kappa shape index (κ3) is 2.34. The smallest absolute Gasteiger partial charge is 0.150 e. The highest BCUT2D eigenvalue weighted by Crippen LogP contribution is 2.21. The largest absolute Gasteiger partial charge is 0.370 e. The molecule has 0 bridgehead atoms. The lowest BCUT2D eigenvalue weighted by Gasteiger charge is -2.28. The molecule has 3 heteroatoms. The summed E-state index contributed by atoms with van der Waals surface area (Å²) < 4.78 is 0. The zero-order valence-electron chi connectivity index (χ0n) is 8.90. The van der Waals surface area contributed by atoms with E-state index < -0.39 is 0 Å². The minimum atomic E-state index is 0.796. The molecule has 0 atom stereocenters. The van der Waals surface area contributed by atoms with Crippen LogP contribution in [0.5, 0.6) is 0 Å². The van der Waals surface area contributed by atoms with Crippen molar-refractivity contribution in [2.75, 3.05) is 29.5 Å². The van der Waals surface area contributed by atoms with Crippen molar-refractivity contribution in [1.29, 1.82) is 0 Å². The monoisotopic (exact) mass is 221 g/mol. The number of hydrogen-bond donors (Lipinski definition) is 0. The summed E-state index contributed by atoms with van der Waals surface area (Å²) in [5.41, 5.74) is 3.12. The number of aldehydes is 1. The molecule has 2 rings (SSSR count). The van der Waals surface area contributed by atoms with Gasteiger partial charge in [-0.25, -0.2) is 0 Å². The van der Waals surface area contributed by atoms with Crippen molar-refractivity contribution in [2.24, 2.45) is 0 Å². The van der Waals surface area contributed by atoms with Crippen LogP contribution in [-0.2, 0) is 0 Å². The lowest BCUT2D eigenvalue weighted by molar-refractivity contribution is 0.112. The fourth-order valence-corrected chi connectivity index (χ4v) is 2.71. The van der Waals surface area contributed by atoms with Gasteiger partial charge in [0.05, 0.1) is 0 Å². The normalized spacial score (nSPS) is 16.5. The van der Waals surface area contributed by atoms with E-state index in [1.165, 1.54) is 17.2 Å². The Kier molecular flexibility index (Phi) is 3.31. The summed E-state index contributed by atoms with van der Waals surface area (Å²) in [6.07, 6.45) is 0.922. The standard InChI is InChI=1S/C12H15NOS/c1-10-8-12(3-2-11(10)9-14)13-4-6-15-7-5-13/h2-3,8-9H,4-7H2,1H3. The maximum atomic E-state index is 10.7. The first-order chi connectivity index (χ1) is 7.31. The molecule has 0 aromatic heterocycles. The highest BCUT2D eigenvalue weighted by atomic mass is 32.2. The van der Waals surface area contributed by atoms with Gasteiger partial charge in [-0.15, -0.1) is 0 Å². The van der Waals surface area contributed by atoms with Crippen molar-refractivity contribution in [3.63, 3.8) is 0 Å². The number of anilines is 1. The van der Waals surface area contributed by atoms with E-state index in [1.807, 2.05) is 30.8 Å². The topological polar surface area (TPSA) is 20.3 Å². The summed E-state index contributed by atoms with van der Waals surface area (Å²) in [6.45, 7) is 4.22. The maximum absolute atomic E-state index is 10.7. The number of aryl methyl sites for hydroxylation is 1. The van der Waals surface area contributed by atoms with E-state index >= 15 is 0 Å². The molecule has 1 fully saturated rings. The van der Waals surface area contributed by atoms with Crippen LogP contribution >= 0.6 is 11.8 Å². The van der Waals surface area contributed by atoms with Gasteiger partial charge in [0.15, 0.2) is 0 Å². The molecule has 80 valence electrons. The number of thioether (sulfide) groups is 1. The number of hydrogen-bond acceptors (Lipinski definition) is 3. The minimum Gasteiger partial charge on any atom is -0.370 e. The quantitative estimate of drug-likeness (QED) is 0.715. The van der Waals surface area contributed by atoms with Gasteiger partial charge in [-0.1, -0.05) is 0 Å². The first-order valence-corrected chi connectivity index (χ1v) is 6.35. The molecule has 1 aromatic carbocycles. The van der Waals surface area contributed by atoms with Crippen molar-refractivity contribution in [3.05, 3.63) is 29.3 Å². The molecule has 15 heavy (non-hydrogen) atoms. The van der Waals surface area contributed by atoms with E-state index in [1.54, 1.807) is 0 Å². The summed E-state index contributed by atoms with van der Waals surface area (Å²) in [6, 6.07) is 6.08. The molecule has 1 saturated heterocycles. The summed E-state index contributed by atoms with van der Waals surface area (Å²) in [5.74, 6) is 2.41. The first kappa shape index (κ1) is 10.6. The lowest BCUT2D eigenvalue weighted by Crippen LogP contribution is -2.32.